The van der Waals surface area contributed by atoms with Crippen LogP contribution in [0.25, 0.3) is 5.69 Å². The van der Waals surface area contributed by atoms with Gasteiger partial charge in [0.2, 0.25) is 5.43 Å². The number of hydrogen-bond donors (Lipinski definition) is 3. The molecule has 8 nitrogen and oxygen atoms in total. The molecule has 2 aromatic heterocycles. The number of benzene rings is 1. The second-order valence-corrected chi connectivity index (χ2v) is 5.85. The van der Waals surface area contributed by atoms with Crippen molar-refractivity contribution in [3.8, 4) is 11.4 Å². The number of hydrogen-bond acceptors (Lipinski definition) is 6. The molecule has 3 aromatic rings. The number of nitrogens with one attached hydrogen (secondary N) is 1. The van der Waals surface area contributed by atoms with Gasteiger partial charge in [-0.3, -0.25) is 4.79 Å². The van der Waals surface area contributed by atoms with E-state index in [1.807, 2.05) is 32.3 Å². The third kappa shape index (κ3) is 5.00. The highest BCUT2D eigenvalue weighted by molar-refractivity contribution is 5.85. The number of rotatable bonds is 5. The molecule has 0 unspecified atom stereocenters. The van der Waals surface area contributed by atoms with Crippen molar-refractivity contribution in [1.82, 2.24) is 24.9 Å². The average Bonchev–Trinajstić information content (AvgIpc) is 3.06. The van der Waals surface area contributed by atoms with Crippen LogP contribution in [0.4, 0.5) is 5.69 Å². The molecule has 2 heterocycles. The SMILES string of the molecule is Cc1cc(=O)c(O)c(CNCc2cn(-c3ccc(N)cc3)nn2)n1C.Cl.Cl. The van der Waals surface area contributed by atoms with Crippen molar-refractivity contribution in [1.29, 1.82) is 0 Å². The van der Waals surface area contributed by atoms with Gasteiger partial charge >= 0.3 is 0 Å². The van der Waals surface area contributed by atoms with Crippen LogP contribution >= 0.6 is 24.8 Å². The van der Waals surface area contributed by atoms with E-state index in [1.54, 1.807) is 21.4 Å². The van der Waals surface area contributed by atoms with Crippen LogP contribution in [0.2, 0.25) is 0 Å². The summed E-state index contributed by atoms with van der Waals surface area (Å²) in [6, 6.07) is 8.74. The Morgan fingerprint density at radius 1 is 1.19 bits per heavy atom. The van der Waals surface area contributed by atoms with Crippen molar-refractivity contribution >= 4 is 30.5 Å². The van der Waals surface area contributed by atoms with Gasteiger partial charge in [-0.2, -0.15) is 0 Å². The number of aromatic nitrogens is 4. The predicted octanol–water partition coefficient (Wildman–Crippen LogP) is 1.70. The summed E-state index contributed by atoms with van der Waals surface area (Å²) in [7, 11) is 1.81. The smallest absolute Gasteiger partial charge is 0.223 e. The standard InChI is InChI=1S/C17H20N6O2.2ClH/c1-11-7-16(24)17(25)15(22(11)2)9-19-8-13-10-23(21-20-13)14-5-3-12(18)4-6-14;;/h3-7,10,19,25H,8-9,18H2,1-2H3;2*1H. The zero-order chi connectivity index (χ0) is 18.0. The summed E-state index contributed by atoms with van der Waals surface area (Å²) >= 11 is 0. The second-order valence-electron chi connectivity index (χ2n) is 5.85. The highest BCUT2D eigenvalue weighted by atomic mass is 35.5. The molecule has 0 saturated carbocycles. The zero-order valence-corrected chi connectivity index (χ0v) is 16.5. The lowest BCUT2D eigenvalue weighted by molar-refractivity contribution is 0.445. The van der Waals surface area contributed by atoms with Crippen LogP contribution in [0, 0.1) is 6.92 Å². The van der Waals surface area contributed by atoms with Gasteiger partial charge in [-0.05, 0) is 31.2 Å². The van der Waals surface area contributed by atoms with Crippen molar-refractivity contribution < 1.29 is 5.11 Å². The van der Waals surface area contributed by atoms with Crippen LogP contribution in [0.3, 0.4) is 0 Å². The summed E-state index contributed by atoms with van der Waals surface area (Å²) in [5.74, 6) is -0.230. The minimum Gasteiger partial charge on any atom is -0.503 e. The molecule has 0 aliphatic heterocycles. The molecule has 27 heavy (non-hydrogen) atoms. The van der Waals surface area contributed by atoms with E-state index in [2.05, 4.69) is 15.6 Å². The monoisotopic (exact) mass is 412 g/mol. The highest BCUT2D eigenvalue weighted by Gasteiger charge is 2.11. The molecule has 10 heteroatoms. The molecule has 4 N–H and O–H groups in total. The molecule has 3 rings (SSSR count). The summed E-state index contributed by atoms with van der Waals surface area (Å²) in [5, 5.41) is 21.3. The maximum atomic E-state index is 11.7. The normalized spacial score (nSPS) is 10.1. The zero-order valence-electron chi connectivity index (χ0n) is 14.9. The molecule has 0 amide bonds. The van der Waals surface area contributed by atoms with Crippen LogP contribution in [-0.2, 0) is 20.1 Å². The molecule has 0 radical (unpaired) electrons. The molecule has 0 bridgehead atoms. The van der Waals surface area contributed by atoms with Gasteiger partial charge in [0.25, 0.3) is 0 Å². The van der Waals surface area contributed by atoms with Crippen molar-refractivity contribution in [2.45, 2.75) is 20.0 Å². The lowest BCUT2D eigenvalue weighted by Gasteiger charge is -2.13. The highest BCUT2D eigenvalue weighted by Crippen LogP contribution is 2.13. The van der Waals surface area contributed by atoms with E-state index in [4.69, 9.17) is 5.73 Å². The van der Waals surface area contributed by atoms with Crippen LogP contribution in [0.1, 0.15) is 17.1 Å². The van der Waals surface area contributed by atoms with E-state index in [9.17, 15) is 9.90 Å². The molecule has 146 valence electrons. The van der Waals surface area contributed by atoms with E-state index >= 15 is 0 Å². The average molecular weight is 413 g/mol. The Hall–Kier alpha value is -2.55. The Morgan fingerprint density at radius 3 is 2.52 bits per heavy atom. The van der Waals surface area contributed by atoms with Gasteiger partial charge in [-0.15, -0.1) is 29.9 Å². The maximum absolute atomic E-state index is 11.7. The van der Waals surface area contributed by atoms with Crippen molar-refractivity contribution in [2.75, 3.05) is 5.73 Å². The Bertz CT molecular complexity index is 953. The molecule has 0 aliphatic carbocycles. The Balaban J connectivity index is 0.00000182. The van der Waals surface area contributed by atoms with Gasteiger partial charge < -0.3 is 20.7 Å². The van der Waals surface area contributed by atoms with Crippen molar-refractivity contribution in [2.24, 2.45) is 7.05 Å². The van der Waals surface area contributed by atoms with Crippen molar-refractivity contribution in [3.63, 3.8) is 0 Å². The molecular weight excluding hydrogens is 391 g/mol. The minimum atomic E-state index is -0.373. The third-order valence-electron chi connectivity index (χ3n) is 4.08. The summed E-state index contributed by atoms with van der Waals surface area (Å²) in [4.78, 5) is 11.7. The maximum Gasteiger partial charge on any atom is 0.223 e. The van der Waals surface area contributed by atoms with Gasteiger partial charge in [0, 0.05) is 37.6 Å². The number of nitrogens with two attached hydrogens (primary N) is 1. The third-order valence-corrected chi connectivity index (χ3v) is 4.08. The van der Waals surface area contributed by atoms with Gasteiger partial charge in [0.05, 0.1) is 23.3 Å². The van der Waals surface area contributed by atoms with Gasteiger partial charge in [0.1, 0.15) is 0 Å². The summed E-state index contributed by atoms with van der Waals surface area (Å²) < 4.78 is 3.45. The number of nitrogens with zero attached hydrogens (tertiary/aromatic N) is 4. The molecule has 0 fully saturated rings. The quantitative estimate of drug-likeness (QED) is 0.549. The second kappa shape index (κ2) is 9.40. The number of halogens is 2. The van der Waals surface area contributed by atoms with E-state index in [0.29, 0.717) is 24.5 Å². The van der Waals surface area contributed by atoms with Gasteiger partial charge in [-0.25, -0.2) is 4.68 Å². The first kappa shape index (κ1) is 22.5. The Morgan fingerprint density at radius 2 is 1.85 bits per heavy atom. The van der Waals surface area contributed by atoms with Gasteiger partial charge in [0.15, 0.2) is 5.75 Å². The number of aryl methyl sites for hydroxylation is 1. The fraction of sp³-hybridized carbons (Fsp3) is 0.235. The Kier molecular flexibility index (Phi) is 7.83. The molecular formula is C17H22Cl2N6O2. The number of aromatic hydroxyl groups is 1. The van der Waals surface area contributed by atoms with Crippen LogP contribution < -0.4 is 16.5 Å². The first-order chi connectivity index (χ1) is 12.0. The minimum absolute atomic E-state index is 0. The topological polar surface area (TPSA) is 111 Å². The Labute approximate surface area is 168 Å². The van der Waals surface area contributed by atoms with Gasteiger partial charge in [-0.1, -0.05) is 5.21 Å². The van der Waals surface area contributed by atoms with E-state index in [1.165, 1.54) is 6.07 Å². The summed E-state index contributed by atoms with van der Waals surface area (Å²) in [6.07, 6.45) is 1.81. The summed E-state index contributed by atoms with van der Waals surface area (Å²) in [6.45, 7) is 2.62. The van der Waals surface area contributed by atoms with E-state index in [0.717, 1.165) is 17.1 Å². The lowest BCUT2D eigenvalue weighted by Crippen LogP contribution is -2.20. The molecule has 0 spiro atoms. The molecule has 1 aromatic carbocycles. The van der Waals surface area contributed by atoms with Crippen molar-refractivity contribution in [3.05, 3.63) is 63.8 Å². The number of nitrogen functional groups attached to an aromatic ring is 1. The van der Waals surface area contributed by atoms with Crippen LogP contribution in [-0.4, -0.2) is 24.7 Å². The van der Waals surface area contributed by atoms with Crippen LogP contribution in [0.5, 0.6) is 5.75 Å². The first-order valence-electron chi connectivity index (χ1n) is 7.82. The van der Waals surface area contributed by atoms with E-state index < -0.39 is 0 Å². The fourth-order valence-corrected chi connectivity index (χ4v) is 2.51. The largest absolute Gasteiger partial charge is 0.503 e. The molecule has 0 saturated heterocycles. The predicted molar refractivity (Wildman–Crippen MR) is 109 cm³/mol. The lowest BCUT2D eigenvalue weighted by atomic mass is 10.2. The number of anilines is 1. The fourth-order valence-electron chi connectivity index (χ4n) is 2.51. The summed E-state index contributed by atoms with van der Waals surface area (Å²) in [5.41, 5.74) is 8.93. The molecule has 0 atom stereocenters. The number of pyridine rings is 1. The first-order valence-corrected chi connectivity index (χ1v) is 7.82. The van der Waals surface area contributed by atoms with E-state index in [-0.39, 0.29) is 36.0 Å². The molecule has 0 aliphatic rings. The van der Waals surface area contributed by atoms with Crippen LogP contribution in [0.15, 0.2) is 41.3 Å².